The fourth-order valence-corrected chi connectivity index (χ4v) is 2.20. The maximum atomic E-state index is 5.74. The second-order valence-corrected chi connectivity index (χ2v) is 5.30. The van der Waals surface area contributed by atoms with E-state index in [1.165, 1.54) is 23.7 Å². The number of fused-ring (bicyclic) bond motifs is 1. The zero-order valence-electron chi connectivity index (χ0n) is 11.5. The fraction of sp³-hybridized carbons (Fsp3) is 0.500. The number of ether oxygens (including phenoxy) is 2. The highest BCUT2D eigenvalue weighted by atomic mass is 16.5. The summed E-state index contributed by atoms with van der Waals surface area (Å²) in [6.07, 6.45) is 5.80. The Kier molecular flexibility index (Phi) is 3.74. The van der Waals surface area contributed by atoms with Crippen LogP contribution in [0.15, 0.2) is 30.5 Å². The number of rotatable bonds is 7. The molecule has 0 aliphatic heterocycles. The summed E-state index contributed by atoms with van der Waals surface area (Å²) < 4.78 is 13.5. The molecule has 3 rings (SSSR count). The van der Waals surface area contributed by atoms with Crippen LogP contribution in [-0.2, 0) is 11.5 Å². The normalized spacial score (nSPS) is 15.0. The van der Waals surface area contributed by atoms with Gasteiger partial charge >= 0.3 is 0 Å². The first kappa shape index (κ1) is 12.5. The Morgan fingerprint density at radius 2 is 2.16 bits per heavy atom. The minimum Gasteiger partial charge on any atom is -0.494 e. The van der Waals surface area contributed by atoms with Crippen LogP contribution in [0.1, 0.15) is 26.2 Å². The van der Waals surface area contributed by atoms with Crippen LogP contribution in [-0.4, -0.2) is 17.8 Å². The van der Waals surface area contributed by atoms with Crippen LogP contribution in [0.25, 0.3) is 10.9 Å². The lowest BCUT2D eigenvalue weighted by molar-refractivity contribution is 0.0718. The lowest BCUT2D eigenvalue weighted by Gasteiger charge is -2.08. The molecule has 3 heteroatoms. The molecule has 0 amide bonds. The lowest BCUT2D eigenvalue weighted by Crippen LogP contribution is -2.03. The predicted molar refractivity (Wildman–Crippen MR) is 76.4 cm³/mol. The Labute approximate surface area is 114 Å². The molecular weight excluding hydrogens is 238 g/mol. The number of hydrogen-bond acceptors (Lipinski definition) is 2. The Morgan fingerprint density at radius 3 is 2.95 bits per heavy atom. The summed E-state index contributed by atoms with van der Waals surface area (Å²) in [6.45, 7) is 4.44. The van der Waals surface area contributed by atoms with E-state index in [-0.39, 0.29) is 0 Å². The van der Waals surface area contributed by atoms with Gasteiger partial charge in [-0.05, 0) is 49.4 Å². The molecule has 0 saturated heterocycles. The van der Waals surface area contributed by atoms with Gasteiger partial charge in [0, 0.05) is 11.6 Å². The monoisotopic (exact) mass is 259 g/mol. The molecule has 1 aliphatic rings. The first-order chi connectivity index (χ1) is 9.36. The van der Waals surface area contributed by atoms with E-state index in [9.17, 15) is 0 Å². The molecule has 1 fully saturated rings. The summed E-state index contributed by atoms with van der Waals surface area (Å²) in [6, 6.07) is 8.37. The van der Waals surface area contributed by atoms with Crippen LogP contribution < -0.4 is 4.74 Å². The standard InChI is InChI=1S/C16H21NO2/c1-2-9-19-15-5-6-16-14(10-15)7-8-17(16)12-18-11-13-3-4-13/h5-8,10,13H,2-4,9,11-12H2,1H3. The molecular formula is C16H21NO2. The molecule has 102 valence electrons. The van der Waals surface area contributed by atoms with Crippen LogP contribution in [0.2, 0.25) is 0 Å². The third-order valence-electron chi connectivity index (χ3n) is 3.50. The molecule has 3 nitrogen and oxygen atoms in total. The summed E-state index contributed by atoms with van der Waals surface area (Å²) in [5.41, 5.74) is 1.21. The van der Waals surface area contributed by atoms with Gasteiger partial charge in [-0.2, -0.15) is 0 Å². The number of benzene rings is 1. The first-order valence-corrected chi connectivity index (χ1v) is 7.16. The van der Waals surface area contributed by atoms with Crippen molar-refractivity contribution < 1.29 is 9.47 Å². The predicted octanol–water partition coefficient (Wildman–Crippen LogP) is 3.81. The fourth-order valence-electron chi connectivity index (χ4n) is 2.20. The summed E-state index contributed by atoms with van der Waals surface area (Å²) >= 11 is 0. The maximum absolute atomic E-state index is 5.74. The van der Waals surface area contributed by atoms with Crippen LogP contribution in [0.5, 0.6) is 5.75 Å². The van der Waals surface area contributed by atoms with Gasteiger partial charge in [-0.25, -0.2) is 0 Å². The number of aromatic nitrogens is 1. The van der Waals surface area contributed by atoms with Gasteiger partial charge in [-0.15, -0.1) is 0 Å². The molecule has 1 aromatic carbocycles. The summed E-state index contributed by atoms with van der Waals surface area (Å²) in [7, 11) is 0. The van der Waals surface area contributed by atoms with Gasteiger partial charge in [0.05, 0.1) is 18.7 Å². The molecule has 2 aromatic rings. The van der Waals surface area contributed by atoms with Gasteiger partial charge in [-0.3, -0.25) is 0 Å². The van der Waals surface area contributed by atoms with E-state index < -0.39 is 0 Å². The second kappa shape index (κ2) is 5.66. The number of hydrogen-bond donors (Lipinski definition) is 0. The van der Waals surface area contributed by atoms with E-state index >= 15 is 0 Å². The van der Waals surface area contributed by atoms with Crippen molar-refractivity contribution in [1.82, 2.24) is 4.57 Å². The highest BCUT2D eigenvalue weighted by Crippen LogP contribution is 2.29. The molecule has 1 heterocycles. The van der Waals surface area contributed by atoms with E-state index in [1.54, 1.807) is 0 Å². The van der Waals surface area contributed by atoms with Crippen molar-refractivity contribution in [2.24, 2.45) is 5.92 Å². The van der Waals surface area contributed by atoms with Gasteiger partial charge in [0.2, 0.25) is 0 Å². The minimum absolute atomic E-state index is 0.648. The molecule has 1 aromatic heterocycles. The Hall–Kier alpha value is -1.48. The third-order valence-corrected chi connectivity index (χ3v) is 3.50. The molecule has 0 atom stereocenters. The highest BCUT2D eigenvalue weighted by Gasteiger charge is 2.21. The summed E-state index contributed by atoms with van der Waals surface area (Å²) in [5, 5.41) is 1.21. The quantitative estimate of drug-likeness (QED) is 0.754. The maximum Gasteiger partial charge on any atom is 0.122 e. The van der Waals surface area contributed by atoms with Gasteiger partial charge < -0.3 is 14.0 Å². The Morgan fingerprint density at radius 1 is 1.26 bits per heavy atom. The Balaban J connectivity index is 1.67. The zero-order chi connectivity index (χ0) is 13.1. The largest absolute Gasteiger partial charge is 0.494 e. The van der Waals surface area contributed by atoms with Crippen LogP contribution in [0.3, 0.4) is 0 Å². The molecule has 1 saturated carbocycles. The summed E-state index contributed by atoms with van der Waals surface area (Å²) in [5.74, 6) is 1.77. The highest BCUT2D eigenvalue weighted by molar-refractivity contribution is 5.81. The average molecular weight is 259 g/mol. The van der Waals surface area contributed by atoms with Gasteiger partial charge in [-0.1, -0.05) is 6.92 Å². The van der Waals surface area contributed by atoms with E-state index in [1.807, 2.05) is 6.07 Å². The SMILES string of the molecule is CCCOc1ccc2c(ccn2COCC2CC2)c1. The zero-order valence-corrected chi connectivity index (χ0v) is 11.5. The van der Waals surface area contributed by atoms with Crippen molar-refractivity contribution in [3.05, 3.63) is 30.5 Å². The average Bonchev–Trinajstić information content (AvgIpc) is 3.17. The van der Waals surface area contributed by atoms with Crippen LogP contribution >= 0.6 is 0 Å². The third kappa shape index (κ3) is 3.10. The topological polar surface area (TPSA) is 23.4 Å². The smallest absolute Gasteiger partial charge is 0.122 e. The van der Waals surface area contributed by atoms with Crippen molar-refractivity contribution in [1.29, 1.82) is 0 Å². The molecule has 0 unspecified atom stereocenters. The molecule has 0 bridgehead atoms. The number of nitrogens with zero attached hydrogens (tertiary/aromatic N) is 1. The molecule has 19 heavy (non-hydrogen) atoms. The minimum atomic E-state index is 0.648. The van der Waals surface area contributed by atoms with E-state index in [0.29, 0.717) is 6.73 Å². The van der Waals surface area contributed by atoms with Crippen LogP contribution in [0, 0.1) is 5.92 Å². The van der Waals surface area contributed by atoms with Gasteiger partial charge in [0.15, 0.2) is 0 Å². The first-order valence-electron chi connectivity index (χ1n) is 7.16. The summed E-state index contributed by atoms with van der Waals surface area (Å²) in [4.78, 5) is 0. The van der Waals surface area contributed by atoms with E-state index in [0.717, 1.165) is 31.3 Å². The van der Waals surface area contributed by atoms with E-state index in [2.05, 4.69) is 35.9 Å². The second-order valence-electron chi connectivity index (χ2n) is 5.30. The molecule has 0 N–H and O–H groups in total. The Bertz CT molecular complexity index is 543. The van der Waals surface area contributed by atoms with Crippen molar-refractivity contribution in [3.63, 3.8) is 0 Å². The van der Waals surface area contributed by atoms with Gasteiger partial charge in [0.1, 0.15) is 12.5 Å². The van der Waals surface area contributed by atoms with Gasteiger partial charge in [0.25, 0.3) is 0 Å². The van der Waals surface area contributed by atoms with Crippen molar-refractivity contribution >= 4 is 10.9 Å². The lowest BCUT2D eigenvalue weighted by atomic mass is 10.2. The molecule has 0 radical (unpaired) electrons. The van der Waals surface area contributed by atoms with Crippen molar-refractivity contribution in [2.45, 2.75) is 32.9 Å². The van der Waals surface area contributed by atoms with Crippen LogP contribution in [0.4, 0.5) is 0 Å². The van der Waals surface area contributed by atoms with Crippen molar-refractivity contribution in [2.75, 3.05) is 13.2 Å². The van der Waals surface area contributed by atoms with E-state index in [4.69, 9.17) is 9.47 Å². The molecule has 0 spiro atoms. The van der Waals surface area contributed by atoms with Crippen molar-refractivity contribution in [3.8, 4) is 5.75 Å². The molecule has 1 aliphatic carbocycles.